The monoisotopic (exact) mass is 396 g/mol. The molecule has 3 rings (SSSR count). The van der Waals surface area contributed by atoms with Gasteiger partial charge in [-0.15, -0.1) is 11.8 Å². The summed E-state index contributed by atoms with van der Waals surface area (Å²) in [6, 6.07) is 14.1. The van der Waals surface area contributed by atoms with Crippen LogP contribution in [-0.4, -0.2) is 28.5 Å². The highest BCUT2D eigenvalue weighted by molar-refractivity contribution is 7.98. The molecule has 0 unspecified atom stereocenters. The molecular formula is C20H20N4O3S. The normalized spacial score (nSPS) is 10.5. The summed E-state index contributed by atoms with van der Waals surface area (Å²) in [7, 11) is 0. The zero-order valence-corrected chi connectivity index (χ0v) is 16.4. The Hall–Kier alpha value is -3.13. The molecule has 8 heteroatoms. The van der Waals surface area contributed by atoms with Gasteiger partial charge in [0, 0.05) is 22.7 Å². The molecule has 0 aliphatic rings. The van der Waals surface area contributed by atoms with E-state index in [1.54, 1.807) is 43.3 Å². The number of aryl methyl sites for hydroxylation is 1. The fourth-order valence-corrected chi connectivity index (χ4v) is 3.40. The molecule has 0 bridgehead atoms. The molecule has 0 spiro atoms. The van der Waals surface area contributed by atoms with Gasteiger partial charge in [-0.1, -0.05) is 23.4 Å². The number of carbonyl (C=O) groups is 2. The van der Waals surface area contributed by atoms with E-state index in [1.165, 1.54) is 11.8 Å². The topological polar surface area (TPSA) is 97.1 Å². The minimum atomic E-state index is -0.252. The molecule has 0 saturated carbocycles. The van der Waals surface area contributed by atoms with Crippen LogP contribution >= 0.6 is 11.8 Å². The Kier molecular flexibility index (Phi) is 6.44. The van der Waals surface area contributed by atoms with E-state index in [1.807, 2.05) is 19.1 Å². The van der Waals surface area contributed by atoms with Crippen LogP contribution in [0.3, 0.4) is 0 Å². The standard InChI is InChI=1S/C20H20N4O3S/c1-3-21-19(25)14-7-6-8-15(11-14)23-20(26)16-9-4-5-10-17(16)28-12-18-22-13(2)24-27-18/h4-11H,3,12H2,1-2H3,(H,21,25)(H,23,26). The number of benzene rings is 2. The summed E-state index contributed by atoms with van der Waals surface area (Å²) in [6.07, 6.45) is 0. The average Bonchev–Trinajstić information content (AvgIpc) is 3.12. The molecule has 1 aromatic heterocycles. The number of nitrogens with one attached hydrogen (secondary N) is 2. The maximum atomic E-state index is 12.8. The second-order valence-electron chi connectivity index (χ2n) is 5.91. The van der Waals surface area contributed by atoms with Gasteiger partial charge >= 0.3 is 0 Å². The van der Waals surface area contributed by atoms with Crippen LogP contribution in [0.1, 0.15) is 39.4 Å². The van der Waals surface area contributed by atoms with E-state index in [2.05, 4.69) is 20.8 Å². The molecule has 0 atom stereocenters. The Morgan fingerprint density at radius 3 is 2.68 bits per heavy atom. The van der Waals surface area contributed by atoms with Crippen molar-refractivity contribution in [3.05, 3.63) is 71.4 Å². The van der Waals surface area contributed by atoms with Gasteiger partial charge in [0.25, 0.3) is 11.8 Å². The fourth-order valence-electron chi connectivity index (χ4n) is 2.52. The van der Waals surface area contributed by atoms with Gasteiger partial charge in [-0.05, 0) is 44.2 Å². The van der Waals surface area contributed by atoms with Crippen molar-refractivity contribution in [2.24, 2.45) is 0 Å². The van der Waals surface area contributed by atoms with Crippen molar-refractivity contribution in [1.82, 2.24) is 15.5 Å². The van der Waals surface area contributed by atoms with Crippen LogP contribution < -0.4 is 10.6 Å². The first-order valence-corrected chi connectivity index (χ1v) is 9.76. The second kappa shape index (κ2) is 9.18. The predicted molar refractivity (Wildman–Crippen MR) is 107 cm³/mol. The molecule has 0 saturated heterocycles. The molecule has 144 valence electrons. The van der Waals surface area contributed by atoms with Gasteiger partial charge in [-0.3, -0.25) is 9.59 Å². The third kappa shape index (κ3) is 4.98. The number of nitrogens with zero attached hydrogens (tertiary/aromatic N) is 2. The zero-order valence-electron chi connectivity index (χ0n) is 15.6. The molecule has 0 radical (unpaired) electrons. The first-order chi connectivity index (χ1) is 13.6. The summed E-state index contributed by atoms with van der Waals surface area (Å²) in [4.78, 5) is 29.7. The first kappa shape index (κ1) is 19.6. The maximum absolute atomic E-state index is 12.8. The highest BCUT2D eigenvalue weighted by Gasteiger charge is 2.14. The van der Waals surface area contributed by atoms with Crippen molar-refractivity contribution in [3.8, 4) is 0 Å². The number of thioether (sulfide) groups is 1. The number of amides is 2. The third-order valence-electron chi connectivity index (χ3n) is 3.77. The van der Waals surface area contributed by atoms with Gasteiger partial charge < -0.3 is 15.2 Å². The molecule has 3 aromatic rings. The Balaban J connectivity index is 1.72. The minimum absolute atomic E-state index is 0.176. The van der Waals surface area contributed by atoms with Gasteiger partial charge in [-0.25, -0.2) is 0 Å². The minimum Gasteiger partial charge on any atom is -0.352 e. The molecule has 28 heavy (non-hydrogen) atoms. The lowest BCUT2D eigenvalue weighted by Gasteiger charge is -2.10. The molecule has 2 aromatic carbocycles. The summed E-state index contributed by atoms with van der Waals surface area (Å²) in [5.74, 6) is 1.13. The largest absolute Gasteiger partial charge is 0.352 e. The Morgan fingerprint density at radius 2 is 1.93 bits per heavy atom. The maximum Gasteiger partial charge on any atom is 0.256 e. The van der Waals surface area contributed by atoms with E-state index in [0.717, 1.165) is 4.90 Å². The number of hydrogen-bond acceptors (Lipinski definition) is 6. The van der Waals surface area contributed by atoms with E-state index in [9.17, 15) is 9.59 Å². The van der Waals surface area contributed by atoms with Crippen LogP contribution in [0.25, 0.3) is 0 Å². The summed E-state index contributed by atoms with van der Waals surface area (Å²) in [5, 5.41) is 9.36. The predicted octanol–water partition coefficient (Wildman–Crippen LogP) is 3.67. The zero-order chi connectivity index (χ0) is 19.9. The van der Waals surface area contributed by atoms with Crippen molar-refractivity contribution < 1.29 is 14.1 Å². The van der Waals surface area contributed by atoms with E-state index in [4.69, 9.17) is 4.52 Å². The molecule has 1 heterocycles. The third-order valence-corrected chi connectivity index (χ3v) is 4.83. The summed E-state index contributed by atoms with van der Waals surface area (Å²) in [6.45, 7) is 4.15. The lowest BCUT2D eigenvalue weighted by atomic mass is 10.1. The Morgan fingerprint density at radius 1 is 1.11 bits per heavy atom. The van der Waals surface area contributed by atoms with Gasteiger partial charge in [0.1, 0.15) is 0 Å². The van der Waals surface area contributed by atoms with Crippen molar-refractivity contribution in [1.29, 1.82) is 0 Å². The number of aromatic nitrogens is 2. The number of rotatable bonds is 7. The average molecular weight is 396 g/mol. The fraction of sp³-hybridized carbons (Fsp3) is 0.200. The highest BCUT2D eigenvalue weighted by atomic mass is 32.2. The molecule has 7 nitrogen and oxygen atoms in total. The van der Waals surface area contributed by atoms with Gasteiger partial charge in [0.2, 0.25) is 5.89 Å². The smallest absolute Gasteiger partial charge is 0.256 e. The van der Waals surface area contributed by atoms with Crippen LogP contribution in [0.2, 0.25) is 0 Å². The van der Waals surface area contributed by atoms with E-state index in [0.29, 0.717) is 40.8 Å². The van der Waals surface area contributed by atoms with Crippen LogP contribution in [0.5, 0.6) is 0 Å². The van der Waals surface area contributed by atoms with Crippen molar-refractivity contribution in [2.45, 2.75) is 24.5 Å². The molecule has 0 fully saturated rings. The molecule has 2 N–H and O–H groups in total. The van der Waals surface area contributed by atoms with Crippen LogP contribution in [0.15, 0.2) is 57.9 Å². The molecule has 0 aliphatic heterocycles. The lowest BCUT2D eigenvalue weighted by molar-refractivity contribution is 0.0954. The molecular weight excluding hydrogens is 376 g/mol. The Bertz CT molecular complexity index is 987. The Labute approximate surface area is 166 Å². The number of hydrogen-bond donors (Lipinski definition) is 2. The van der Waals surface area contributed by atoms with Crippen molar-refractivity contribution in [2.75, 3.05) is 11.9 Å². The summed E-state index contributed by atoms with van der Waals surface area (Å²) < 4.78 is 5.12. The second-order valence-corrected chi connectivity index (χ2v) is 6.93. The molecule has 0 aliphatic carbocycles. The highest BCUT2D eigenvalue weighted by Crippen LogP contribution is 2.26. The van der Waals surface area contributed by atoms with E-state index >= 15 is 0 Å². The van der Waals surface area contributed by atoms with Crippen molar-refractivity contribution >= 4 is 29.3 Å². The first-order valence-electron chi connectivity index (χ1n) is 8.77. The number of carbonyl (C=O) groups excluding carboxylic acids is 2. The quantitative estimate of drug-likeness (QED) is 0.592. The van der Waals surface area contributed by atoms with E-state index in [-0.39, 0.29) is 11.8 Å². The lowest BCUT2D eigenvalue weighted by Crippen LogP contribution is -2.22. The van der Waals surface area contributed by atoms with Crippen LogP contribution in [-0.2, 0) is 5.75 Å². The summed E-state index contributed by atoms with van der Waals surface area (Å²) in [5.41, 5.74) is 1.59. The summed E-state index contributed by atoms with van der Waals surface area (Å²) >= 11 is 1.45. The van der Waals surface area contributed by atoms with Gasteiger partial charge in [0.05, 0.1) is 11.3 Å². The van der Waals surface area contributed by atoms with Crippen molar-refractivity contribution in [3.63, 3.8) is 0 Å². The van der Waals surface area contributed by atoms with Gasteiger partial charge in [-0.2, -0.15) is 4.98 Å². The SMILES string of the molecule is CCNC(=O)c1cccc(NC(=O)c2ccccc2SCc2nc(C)no2)c1. The van der Waals surface area contributed by atoms with Crippen LogP contribution in [0.4, 0.5) is 5.69 Å². The van der Waals surface area contributed by atoms with E-state index < -0.39 is 0 Å². The van der Waals surface area contributed by atoms with Crippen LogP contribution in [0, 0.1) is 6.92 Å². The number of anilines is 1. The molecule has 2 amide bonds. The van der Waals surface area contributed by atoms with Gasteiger partial charge in [0.15, 0.2) is 5.82 Å².